The van der Waals surface area contributed by atoms with Crippen LogP contribution >= 0.6 is 11.3 Å². The van der Waals surface area contributed by atoms with Crippen molar-refractivity contribution in [1.29, 1.82) is 0 Å². The zero-order valence-electron chi connectivity index (χ0n) is 14.6. The van der Waals surface area contributed by atoms with Gasteiger partial charge in [0.1, 0.15) is 5.00 Å². The molecule has 138 valence electrons. The number of hydrogen-bond acceptors (Lipinski definition) is 6. The van der Waals surface area contributed by atoms with Crippen LogP contribution in [0, 0.1) is 0 Å². The fourth-order valence-corrected chi connectivity index (χ4v) is 4.43. The molecule has 4 heterocycles. The van der Waals surface area contributed by atoms with Gasteiger partial charge in [-0.1, -0.05) is 6.07 Å². The molecule has 2 aromatic rings. The fourth-order valence-electron chi connectivity index (χ4n) is 3.30. The third-order valence-corrected chi connectivity index (χ3v) is 5.88. The number of anilines is 1. The lowest BCUT2D eigenvalue weighted by molar-refractivity contribution is 0.0861. The number of ether oxygens (including phenoxy) is 2. The molecule has 0 spiro atoms. The number of morpholine rings is 1. The van der Waals surface area contributed by atoms with Crippen molar-refractivity contribution < 1.29 is 14.3 Å². The molecule has 0 aromatic carbocycles. The number of pyridine rings is 1. The second-order valence-corrected chi connectivity index (χ2v) is 7.52. The summed E-state index contributed by atoms with van der Waals surface area (Å²) in [6.45, 7) is 4.45. The van der Waals surface area contributed by atoms with Gasteiger partial charge in [-0.15, -0.1) is 11.3 Å². The van der Waals surface area contributed by atoms with Gasteiger partial charge in [0.25, 0.3) is 5.91 Å². The van der Waals surface area contributed by atoms with Gasteiger partial charge in [-0.3, -0.25) is 9.78 Å². The first-order valence-corrected chi connectivity index (χ1v) is 9.90. The molecule has 2 fully saturated rings. The van der Waals surface area contributed by atoms with Gasteiger partial charge in [-0.05, 0) is 31.0 Å². The first kappa shape index (κ1) is 17.5. The molecule has 0 aliphatic carbocycles. The van der Waals surface area contributed by atoms with Crippen molar-refractivity contribution in [1.82, 2.24) is 10.3 Å². The predicted octanol–water partition coefficient (Wildman–Crippen LogP) is 2.56. The molecule has 6 nitrogen and oxygen atoms in total. The van der Waals surface area contributed by atoms with E-state index in [-0.39, 0.29) is 12.0 Å². The Morgan fingerprint density at radius 1 is 1.31 bits per heavy atom. The van der Waals surface area contributed by atoms with Gasteiger partial charge >= 0.3 is 0 Å². The Hall–Kier alpha value is -1.96. The maximum absolute atomic E-state index is 12.7. The van der Waals surface area contributed by atoms with Crippen molar-refractivity contribution >= 4 is 22.2 Å². The average Bonchev–Trinajstić information content (AvgIpc) is 3.37. The van der Waals surface area contributed by atoms with E-state index in [4.69, 9.17) is 9.47 Å². The number of nitrogens with zero attached hydrogens (tertiary/aromatic N) is 2. The Labute approximate surface area is 157 Å². The van der Waals surface area contributed by atoms with Crippen molar-refractivity contribution in [2.75, 3.05) is 44.4 Å². The van der Waals surface area contributed by atoms with E-state index in [1.807, 2.05) is 24.3 Å². The maximum Gasteiger partial charge on any atom is 0.261 e. The monoisotopic (exact) mass is 373 g/mol. The second-order valence-electron chi connectivity index (χ2n) is 6.49. The molecule has 0 unspecified atom stereocenters. The Morgan fingerprint density at radius 2 is 2.19 bits per heavy atom. The highest BCUT2D eigenvalue weighted by atomic mass is 32.1. The van der Waals surface area contributed by atoms with E-state index in [1.54, 1.807) is 6.20 Å². The molecule has 7 heteroatoms. The van der Waals surface area contributed by atoms with Gasteiger partial charge in [0.15, 0.2) is 0 Å². The summed E-state index contributed by atoms with van der Waals surface area (Å²) in [5.41, 5.74) is 1.91. The van der Waals surface area contributed by atoms with Crippen molar-refractivity contribution in [2.24, 2.45) is 0 Å². The van der Waals surface area contributed by atoms with E-state index in [0.717, 1.165) is 48.8 Å². The van der Waals surface area contributed by atoms with Gasteiger partial charge in [0.05, 0.1) is 29.9 Å². The van der Waals surface area contributed by atoms with Gasteiger partial charge in [-0.25, -0.2) is 0 Å². The lowest BCUT2D eigenvalue weighted by Crippen LogP contribution is -2.36. The van der Waals surface area contributed by atoms with Crippen LogP contribution in [-0.4, -0.2) is 56.5 Å². The highest BCUT2D eigenvalue weighted by Gasteiger charge is 2.23. The number of aromatic nitrogens is 1. The minimum Gasteiger partial charge on any atom is -0.378 e. The summed E-state index contributed by atoms with van der Waals surface area (Å²) in [7, 11) is 0. The summed E-state index contributed by atoms with van der Waals surface area (Å²) >= 11 is 1.53. The third kappa shape index (κ3) is 3.90. The number of rotatable bonds is 5. The third-order valence-electron chi connectivity index (χ3n) is 4.69. The largest absolute Gasteiger partial charge is 0.378 e. The maximum atomic E-state index is 12.7. The summed E-state index contributed by atoms with van der Waals surface area (Å²) in [6.07, 6.45) is 4.02. The molecular formula is C19H23N3O3S. The van der Waals surface area contributed by atoms with Crippen molar-refractivity contribution in [3.05, 3.63) is 35.3 Å². The molecule has 0 bridgehead atoms. The number of nitrogens with one attached hydrogen (secondary N) is 1. The highest BCUT2D eigenvalue weighted by molar-refractivity contribution is 7.18. The van der Waals surface area contributed by atoms with E-state index in [9.17, 15) is 4.79 Å². The van der Waals surface area contributed by atoms with Crippen LogP contribution in [0.15, 0.2) is 30.5 Å². The van der Waals surface area contributed by atoms with Crippen LogP contribution in [0.25, 0.3) is 11.3 Å². The average molecular weight is 373 g/mol. The van der Waals surface area contributed by atoms with Crippen LogP contribution in [0.4, 0.5) is 5.00 Å². The zero-order chi connectivity index (χ0) is 17.8. The van der Waals surface area contributed by atoms with Crippen LogP contribution in [0.2, 0.25) is 0 Å². The van der Waals surface area contributed by atoms with Crippen molar-refractivity contribution in [3.8, 4) is 11.3 Å². The summed E-state index contributed by atoms with van der Waals surface area (Å²) < 4.78 is 11.1. The second kappa shape index (κ2) is 8.16. The Morgan fingerprint density at radius 3 is 2.92 bits per heavy atom. The van der Waals surface area contributed by atoms with Gasteiger partial charge in [-0.2, -0.15) is 0 Å². The normalized spacial score (nSPS) is 20.3. The SMILES string of the molecule is O=C(NC[C@@H]1CCCO1)c1cc(-c2ccccn2)c(N2CCOCC2)s1. The molecule has 26 heavy (non-hydrogen) atoms. The van der Waals surface area contributed by atoms with E-state index in [0.29, 0.717) is 24.6 Å². The summed E-state index contributed by atoms with van der Waals surface area (Å²) in [4.78, 5) is 20.1. The van der Waals surface area contributed by atoms with Crippen LogP contribution in [0.1, 0.15) is 22.5 Å². The Balaban J connectivity index is 1.56. The number of hydrogen-bond donors (Lipinski definition) is 1. The Bertz CT molecular complexity index is 738. The molecule has 2 aromatic heterocycles. The molecule has 1 atom stereocenters. The standard InChI is InChI=1S/C19H23N3O3S/c23-18(21-13-14-4-3-9-25-14)17-12-15(16-5-1-2-6-20-16)19(26-17)22-7-10-24-11-8-22/h1-2,5-6,12,14H,3-4,7-11,13H2,(H,21,23)/t14-/m0/s1. The fraction of sp³-hybridized carbons (Fsp3) is 0.474. The minimum atomic E-state index is -0.0396. The number of amides is 1. The number of carbonyl (C=O) groups is 1. The lowest BCUT2D eigenvalue weighted by Gasteiger charge is -2.28. The molecule has 1 amide bonds. The van der Waals surface area contributed by atoms with Crippen LogP contribution < -0.4 is 10.2 Å². The summed E-state index contributed by atoms with van der Waals surface area (Å²) in [6, 6.07) is 7.82. The van der Waals surface area contributed by atoms with E-state index in [2.05, 4.69) is 15.2 Å². The summed E-state index contributed by atoms with van der Waals surface area (Å²) in [5.74, 6) is -0.0396. The van der Waals surface area contributed by atoms with Crippen LogP contribution in [0.5, 0.6) is 0 Å². The molecule has 2 aliphatic rings. The number of thiophene rings is 1. The topological polar surface area (TPSA) is 63.7 Å². The molecule has 1 N–H and O–H groups in total. The molecule has 0 saturated carbocycles. The van der Waals surface area contributed by atoms with E-state index in [1.165, 1.54) is 11.3 Å². The van der Waals surface area contributed by atoms with Crippen LogP contribution in [0.3, 0.4) is 0 Å². The molecular weight excluding hydrogens is 350 g/mol. The van der Waals surface area contributed by atoms with Gasteiger partial charge in [0, 0.05) is 38.0 Å². The van der Waals surface area contributed by atoms with Crippen LogP contribution in [-0.2, 0) is 9.47 Å². The molecule has 2 aliphatic heterocycles. The highest BCUT2D eigenvalue weighted by Crippen LogP contribution is 2.38. The van der Waals surface area contributed by atoms with Gasteiger partial charge < -0.3 is 19.7 Å². The smallest absolute Gasteiger partial charge is 0.261 e. The number of carbonyl (C=O) groups excluding carboxylic acids is 1. The van der Waals surface area contributed by atoms with E-state index < -0.39 is 0 Å². The minimum absolute atomic E-state index is 0.0396. The van der Waals surface area contributed by atoms with Gasteiger partial charge in [0.2, 0.25) is 0 Å². The Kier molecular flexibility index (Phi) is 5.48. The predicted molar refractivity (Wildman–Crippen MR) is 102 cm³/mol. The molecule has 2 saturated heterocycles. The van der Waals surface area contributed by atoms with Crippen molar-refractivity contribution in [2.45, 2.75) is 18.9 Å². The molecule has 0 radical (unpaired) electrons. The molecule has 4 rings (SSSR count). The first-order chi connectivity index (χ1) is 12.8. The zero-order valence-corrected chi connectivity index (χ0v) is 15.5. The summed E-state index contributed by atoms with van der Waals surface area (Å²) in [5, 5.41) is 4.11. The quantitative estimate of drug-likeness (QED) is 0.873. The lowest BCUT2D eigenvalue weighted by atomic mass is 10.1. The first-order valence-electron chi connectivity index (χ1n) is 9.09. The van der Waals surface area contributed by atoms with Crippen molar-refractivity contribution in [3.63, 3.8) is 0 Å². The van der Waals surface area contributed by atoms with E-state index >= 15 is 0 Å².